The lowest BCUT2D eigenvalue weighted by Crippen LogP contribution is -2.12. The van der Waals surface area contributed by atoms with Gasteiger partial charge >= 0.3 is 0 Å². The third-order valence-electron chi connectivity index (χ3n) is 9.06. The first-order valence-electron chi connectivity index (χ1n) is 15.7. The molecule has 0 bridgehead atoms. The summed E-state index contributed by atoms with van der Waals surface area (Å²) in [4.78, 5) is 2.42. The maximum absolute atomic E-state index is 6.40. The Morgan fingerprint density at radius 2 is 0.978 bits per heavy atom. The number of para-hydroxylation sites is 3. The van der Waals surface area contributed by atoms with Gasteiger partial charge in [-0.2, -0.15) is 0 Å². The molecular weight excluding hydrogens is 558 g/mol. The minimum Gasteiger partial charge on any atom is -0.455 e. The van der Waals surface area contributed by atoms with Crippen LogP contribution in [-0.4, -0.2) is 0 Å². The molecule has 8 aromatic carbocycles. The molecule has 1 heterocycles. The van der Waals surface area contributed by atoms with Crippen molar-refractivity contribution in [1.29, 1.82) is 0 Å². The smallest absolute Gasteiger partial charge is 0.143 e. The number of furan rings is 1. The first-order chi connectivity index (χ1) is 22.8. The zero-order valence-corrected chi connectivity index (χ0v) is 25.1. The van der Waals surface area contributed by atoms with Crippen LogP contribution in [0.1, 0.15) is 0 Å². The van der Waals surface area contributed by atoms with Crippen molar-refractivity contribution in [2.75, 3.05) is 4.90 Å². The summed E-state index contributed by atoms with van der Waals surface area (Å²) in [7, 11) is 0. The summed E-state index contributed by atoms with van der Waals surface area (Å²) in [5, 5.41) is 7.20. The summed E-state index contributed by atoms with van der Waals surface area (Å²) >= 11 is 0. The van der Waals surface area contributed by atoms with Gasteiger partial charge in [-0.3, -0.25) is 0 Å². The zero-order chi connectivity index (χ0) is 30.5. The minimum atomic E-state index is 0.911. The molecule has 0 aliphatic carbocycles. The van der Waals surface area contributed by atoms with E-state index in [4.69, 9.17) is 4.42 Å². The number of nitrogens with zero attached hydrogens (tertiary/aromatic N) is 1. The van der Waals surface area contributed by atoms with Gasteiger partial charge in [0.05, 0.1) is 11.4 Å². The van der Waals surface area contributed by atoms with Crippen LogP contribution in [0.2, 0.25) is 0 Å². The van der Waals surface area contributed by atoms with Crippen LogP contribution in [0.4, 0.5) is 17.1 Å². The number of fused-ring (bicyclic) bond motifs is 6. The van der Waals surface area contributed by atoms with Crippen LogP contribution in [0.15, 0.2) is 180 Å². The standard InChI is InChI=1S/C44H29NO/c1-2-12-30(13-3-1)35-16-6-8-21-40(35)45(41-22-10-15-33-25-24-31-14-4-5-17-36(31)43(33)41)34-28-26-32(27-29-34)37-19-11-20-39-38-18-7-9-23-42(38)46-44(37)39/h1-29H. The van der Waals surface area contributed by atoms with E-state index in [0.29, 0.717) is 0 Å². The minimum absolute atomic E-state index is 0.911. The maximum Gasteiger partial charge on any atom is 0.143 e. The summed E-state index contributed by atoms with van der Waals surface area (Å²) in [6, 6.07) is 62.7. The first-order valence-corrected chi connectivity index (χ1v) is 15.7. The molecule has 0 atom stereocenters. The fourth-order valence-corrected chi connectivity index (χ4v) is 6.93. The highest BCUT2D eigenvalue weighted by molar-refractivity contribution is 6.15. The van der Waals surface area contributed by atoms with Crippen molar-refractivity contribution in [2.45, 2.75) is 0 Å². The number of hydrogen-bond acceptors (Lipinski definition) is 2. The normalized spacial score (nSPS) is 11.5. The first kappa shape index (κ1) is 26.3. The van der Waals surface area contributed by atoms with Crippen molar-refractivity contribution in [3.63, 3.8) is 0 Å². The number of rotatable bonds is 5. The van der Waals surface area contributed by atoms with Crippen LogP contribution < -0.4 is 4.90 Å². The van der Waals surface area contributed by atoms with E-state index in [1.54, 1.807) is 0 Å². The Morgan fingerprint density at radius 1 is 0.370 bits per heavy atom. The molecule has 1 aromatic heterocycles. The lowest BCUT2D eigenvalue weighted by Gasteiger charge is -2.29. The molecule has 0 spiro atoms. The van der Waals surface area contributed by atoms with E-state index in [1.165, 1.54) is 32.7 Å². The van der Waals surface area contributed by atoms with E-state index in [-0.39, 0.29) is 0 Å². The predicted octanol–water partition coefficient (Wildman–Crippen LogP) is 12.7. The van der Waals surface area contributed by atoms with Crippen LogP contribution in [0, 0.1) is 0 Å². The lowest BCUT2D eigenvalue weighted by molar-refractivity contribution is 0.670. The molecule has 0 amide bonds. The Morgan fingerprint density at radius 3 is 1.87 bits per heavy atom. The summed E-state index contributed by atoms with van der Waals surface area (Å²) in [5.74, 6) is 0. The maximum atomic E-state index is 6.40. The molecule has 0 aliphatic heterocycles. The highest BCUT2D eigenvalue weighted by Crippen LogP contribution is 2.45. The van der Waals surface area contributed by atoms with Crippen LogP contribution in [-0.2, 0) is 0 Å². The van der Waals surface area contributed by atoms with Crippen LogP contribution in [0.25, 0.3) is 65.7 Å². The Balaban J connectivity index is 1.27. The van der Waals surface area contributed by atoms with Gasteiger partial charge in [0.2, 0.25) is 0 Å². The molecule has 0 fully saturated rings. The quantitative estimate of drug-likeness (QED) is 0.186. The Hall–Kier alpha value is -6.12. The van der Waals surface area contributed by atoms with Crippen LogP contribution in [0.3, 0.4) is 0 Å². The average molecular weight is 588 g/mol. The van der Waals surface area contributed by atoms with Crippen molar-refractivity contribution in [3.05, 3.63) is 176 Å². The van der Waals surface area contributed by atoms with Gasteiger partial charge in [-0.05, 0) is 57.6 Å². The summed E-state index contributed by atoms with van der Waals surface area (Å²) in [6.07, 6.45) is 0. The van der Waals surface area contributed by atoms with E-state index < -0.39 is 0 Å². The Bertz CT molecular complexity index is 2530. The molecular formula is C44H29NO. The molecule has 46 heavy (non-hydrogen) atoms. The largest absolute Gasteiger partial charge is 0.455 e. The van der Waals surface area contributed by atoms with E-state index in [0.717, 1.165) is 50.1 Å². The molecule has 0 radical (unpaired) electrons. The van der Waals surface area contributed by atoms with E-state index in [1.807, 2.05) is 12.1 Å². The zero-order valence-electron chi connectivity index (χ0n) is 25.1. The summed E-state index contributed by atoms with van der Waals surface area (Å²) in [6.45, 7) is 0. The second-order valence-electron chi connectivity index (χ2n) is 11.7. The molecule has 2 nitrogen and oxygen atoms in total. The number of benzene rings is 8. The Kier molecular flexibility index (Phi) is 6.17. The molecule has 0 saturated heterocycles. The van der Waals surface area contributed by atoms with Gasteiger partial charge in [-0.15, -0.1) is 0 Å². The second kappa shape index (κ2) is 10.8. The highest BCUT2D eigenvalue weighted by atomic mass is 16.3. The molecule has 2 heteroatoms. The molecule has 0 aliphatic rings. The van der Waals surface area contributed by atoms with E-state index >= 15 is 0 Å². The van der Waals surface area contributed by atoms with Crippen LogP contribution in [0.5, 0.6) is 0 Å². The number of hydrogen-bond donors (Lipinski definition) is 0. The van der Waals surface area contributed by atoms with Gasteiger partial charge in [0.1, 0.15) is 11.2 Å². The van der Waals surface area contributed by atoms with E-state index in [9.17, 15) is 0 Å². The van der Waals surface area contributed by atoms with Crippen molar-refractivity contribution in [1.82, 2.24) is 0 Å². The van der Waals surface area contributed by atoms with Gasteiger partial charge in [-0.1, -0.05) is 146 Å². The number of anilines is 3. The van der Waals surface area contributed by atoms with Gasteiger partial charge < -0.3 is 9.32 Å². The van der Waals surface area contributed by atoms with Crippen molar-refractivity contribution in [3.8, 4) is 22.3 Å². The van der Waals surface area contributed by atoms with Gasteiger partial charge in [-0.25, -0.2) is 0 Å². The fraction of sp³-hybridized carbons (Fsp3) is 0. The molecule has 0 N–H and O–H groups in total. The topological polar surface area (TPSA) is 16.4 Å². The third kappa shape index (κ3) is 4.27. The molecule has 0 saturated carbocycles. The van der Waals surface area contributed by atoms with Crippen LogP contribution >= 0.6 is 0 Å². The molecule has 0 unspecified atom stereocenters. The fourth-order valence-electron chi connectivity index (χ4n) is 6.93. The highest BCUT2D eigenvalue weighted by Gasteiger charge is 2.20. The van der Waals surface area contributed by atoms with Gasteiger partial charge in [0, 0.05) is 33.0 Å². The molecule has 9 rings (SSSR count). The van der Waals surface area contributed by atoms with Crippen molar-refractivity contribution >= 4 is 60.5 Å². The van der Waals surface area contributed by atoms with Gasteiger partial charge in [0.25, 0.3) is 0 Å². The third-order valence-corrected chi connectivity index (χ3v) is 9.06. The summed E-state index contributed by atoms with van der Waals surface area (Å²) in [5.41, 5.74) is 9.76. The van der Waals surface area contributed by atoms with E-state index in [2.05, 4.69) is 169 Å². The predicted molar refractivity (Wildman–Crippen MR) is 194 cm³/mol. The van der Waals surface area contributed by atoms with Crippen molar-refractivity contribution in [2.24, 2.45) is 0 Å². The monoisotopic (exact) mass is 587 g/mol. The average Bonchev–Trinajstić information content (AvgIpc) is 3.52. The SMILES string of the molecule is c1ccc(-c2ccccc2N(c2ccc(-c3cccc4c3oc3ccccc34)cc2)c2cccc3ccc4ccccc4c23)cc1. The van der Waals surface area contributed by atoms with Crippen molar-refractivity contribution < 1.29 is 4.42 Å². The molecule has 9 aromatic rings. The second-order valence-corrected chi connectivity index (χ2v) is 11.7. The van der Waals surface area contributed by atoms with Gasteiger partial charge in [0.15, 0.2) is 0 Å². The Labute approximate surface area is 267 Å². The summed E-state index contributed by atoms with van der Waals surface area (Å²) < 4.78 is 6.40. The molecule has 216 valence electrons. The lowest BCUT2D eigenvalue weighted by atomic mass is 9.97.